The summed E-state index contributed by atoms with van der Waals surface area (Å²) in [5.74, 6) is 0.285. The molecule has 23 heavy (non-hydrogen) atoms. The van der Waals surface area contributed by atoms with Gasteiger partial charge in [0.05, 0.1) is 18.2 Å². The van der Waals surface area contributed by atoms with Crippen molar-refractivity contribution in [1.82, 2.24) is 9.80 Å². The first-order valence-corrected chi connectivity index (χ1v) is 7.53. The minimum Gasteiger partial charge on any atom is -0.491 e. The largest absolute Gasteiger partial charge is 0.491 e. The van der Waals surface area contributed by atoms with Gasteiger partial charge < -0.3 is 14.7 Å². The van der Waals surface area contributed by atoms with Gasteiger partial charge in [0.25, 0.3) is 5.91 Å². The van der Waals surface area contributed by atoms with Crippen LogP contribution in [0.5, 0.6) is 5.75 Å². The van der Waals surface area contributed by atoms with Crippen LogP contribution in [0.15, 0.2) is 24.3 Å². The second-order valence-electron chi connectivity index (χ2n) is 5.68. The molecule has 0 spiro atoms. The molecule has 1 aromatic rings. The summed E-state index contributed by atoms with van der Waals surface area (Å²) in [6.45, 7) is 0.498. The van der Waals surface area contributed by atoms with E-state index in [9.17, 15) is 14.7 Å². The van der Waals surface area contributed by atoms with Crippen LogP contribution in [-0.2, 0) is 4.79 Å². The van der Waals surface area contributed by atoms with Crippen molar-refractivity contribution in [2.75, 3.05) is 19.7 Å². The molecule has 2 atom stereocenters. The molecule has 7 nitrogen and oxygen atoms in total. The molecular weight excluding hydrogens is 298 g/mol. The zero-order chi connectivity index (χ0) is 16.4. The van der Waals surface area contributed by atoms with Crippen LogP contribution >= 0.6 is 0 Å². The summed E-state index contributed by atoms with van der Waals surface area (Å²) in [4.78, 5) is 27.0. The second kappa shape index (κ2) is 6.26. The first-order valence-electron chi connectivity index (χ1n) is 7.53. The van der Waals surface area contributed by atoms with Gasteiger partial charge in [-0.3, -0.25) is 9.69 Å². The lowest BCUT2D eigenvalue weighted by Crippen LogP contribution is -2.41. The van der Waals surface area contributed by atoms with Gasteiger partial charge in [0.15, 0.2) is 0 Å². The summed E-state index contributed by atoms with van der Waals surface area (Å²) in [7, 11) is 0. The number of hydrogen-bond donors (Lipinski definition) is 1. The van der Waals surface area contributed by atoms with E-state index in [4.69, 9.17) is 10.00 Å². The maximum atomic E-state index is 12.2. The molecule has 0 unspecified atom stereocenters. The highest BCUT2D eigenvalue weighted by atomic mass is 16.5. The van der Waals surface area contributed by atoms with Gasteiger partial charge in [-0.25, -0.2) is 4.79 Å². The lowest BCUT2D eigenvalue weighted by Gasteiger charge is -2.19. The van der Waals surface area contributed by atoms with Gasteiger partial charge >= 0.3 is 6.03 Å². The van der Waals surface area contributed by atoms with Crippen LogP contribution in [0.1, 0.15) is 18.4 Å². The number of urea groups is 1. The van der Waals surface area contributed by atoms with Crippen molar-refractivity contribution in [2.45, 2.75) is 25.0 Å². The molecule has 7 heteroatoms. The minimum atomic E-state index is -0.960. The second-order valence-corrected chi connectivity index (χ2v) is 5.68. The van der Waals surface area contributed by atoms with E-state index in [0.29, 0.717) is 24.3 Å². The topological polar surface area (TPSA) is 93.9 Å². The van der Waals surface area contributed by atoms with Crippen molar-refractivity contribution >= 4 is 11.9 Å². The molecule has 2 saturated heterocycles. The fraction of sp³-hybridized carbons (Fsp3) is 0.438. The normalized spacial score (nSPS) is 21.3. The molecule has 2 heterocycles. The van der Waals surface area contributed by atoms with Gasteiger partial charge in [0, 0.05) is 6.54 Å². The Hall–Kier alpha value is -2.59. The van der Waals surface area contributed by atoms with Crippen LogP contribution in [0.25, 0.3) is 0 Å². The number of aliphatic hydroxyl groups excluding tert-OH is 1. The third-order valence-corrected chi connectivity index (χ3v) is 4.10. The maximum absolute atomic E-state index is 12.2. The van der Waals surface area contributed by atoms with Gasteiger partial charge in [-0.2, -0.15) is 5.26 Å². The SMILES string of the molecule is N#Cc1ccc(OC[C@H](O)CN2C(=O)[C@@H]3CCCN3C2=O)cc1. The first-order chi connectivity index (χ1) is 11.1. The summed E-state index contributed by atoms with van der Waals surface area (Å²) in [6.07, 6.45) is 0.581. The Bertz CT molecular complexity index is 630. The highest BCUT2D eigenvalue weighted by Gasteiger charge is 2.47. The van der Waals surface area contributed by atoms with Crippen LogP contribution in [0, 0.1) is 11.3 Å². The third-order valence-electron chi connectivity index (χ3n) is 4.10. The number of ether oxygens (including phenoxy) is 1. The molecule has 0 aliphatic carbocycles. The Morgan fingerprint density at radius 1 is 1.35 bits per heavy atom. The first kappa shape index (κ1) is 15.3. The molecule has 1 aromatic carbocycles. The van der Waals surface area contributed by atoms with E-state index in [1.54, 1.807) is 29.2 Å². The van der Waals surface area contributed by atoms with Crippen molar-refractivity contribution in [3.8, 4) is 11.8 Å². The van der Waals surface area contributed by atoms with E-state index in [1.807, 2.05) is 6.07 Å². The fourth-order valence-electron chi connectivity index (χ4n) is 2.93. The predicted octanol–water partition coefficient (Wildman–Crippen LogP) is 0.725. The highest BCUT2D eigenvalue weighted by molar-refractivity contribution is 6.04. The van der Waals surface area contributed by atoms with Gasteiger partial charge in [-0.05, 0) is 37.1 Å². The molecular formula is C16H17N3O4. The van der Waals surface area contributed by atoms with Crippen molar-refractivity contribution < 1.29 is 19.4 Å². The number of nitrogens with zero attached hydrogens (tertiary/aromatic N) is 3. The maximum Gasteiger partial charge on any atom is 0.327 e. The smallest absolute Gasteiger partial charge is 0.327 e. The van der Waals surface area contributed by atoms with E-state index in [1.165, 1.54) is 0 Å². The number of aliphatic hydroxyl groups is 1. The average molecular weight is 315 g/mol. The van der Waals surface area contributed by atoms with Gasteiger partial charge in [-0.1, -0.05) is 0 Å². The number of amides is 3. The van der Waals surface area contributed by atoms with E-state index in [2.05, 4.69) is 0 Å². The lowest BCUT2D eigenvalue weighted by atomic mass is 10.2. The van der Waals surface area contributed by atoms with Gasteiger partial charge in [0.2, 0.25) is 0 Å². The lowest BCUT2D eigenvalue weighted by molar-refractivity contribution is -0.129. The summed E-state index contributed by atoms with van der Waals surface area (Å²) in [6, 6.07) is 7.82. The minimum absolute atomic E-state index is 0.0341. The quantitative estimate of drug-likeness (QED) is 0.808. The standard InChI is InChI=1S/C16H17N3O4/c17-8-11-3-5-13(6-4-11)23-10-12(20)9-19-15(21)14-2-1-7-18(14)16(19)22/h3-6,12,14,20H,1-2,7,9-10H2/t12-,14+/m1/s1. The zero-order valence-electron chi connectivity index (χ0n) is 12.5. The van der Waals surface area contributed by atoms with Gasteiger partial charge in [-0.15, -0.1) is 0 Å². The monoisotopic (exact) mass is 315 g/mol. The molecule has 2 aliphatic heterocycles. The van der Waals surface area contributed by atoms with E-state index >= 15 is 0 Å². The Labute approximate surface area is 133 Å². The summed E-state index contributed by atoms with van der Waals surface area (Å²) in [5, 5.41) is 18.7. The van der Waals surface area contributed by atoms with Crippen LogP contribution in [0.3, 0.4) is 0 Å². The number of rotatable bonds is 5. The third kappa shape index (κ3) is 2.98. The summed E-state index contributed by atoms with van der Waals surface area (Å²) >= 11 is 0. The number of nitriles is 1. The Balaban J connectivity index is 1.53. The average Bonchev–Trinajstić information content (AvgIpc) is 3.13. The van der Waals surface area contributed by atoms with Crippen LogP contribution < -0.4 is 4.74 Å². The molecule has 0 bridgehead atoms. The van der Waals surface area contributed by atoms with E-state index < -0.39 is 6.10 Å². The number of carbonyl (C=O) groups is 2. The van der Waals surface area contributed by atoms with E-state index in [0.717, 1.165) is 11.3 Å². The molecule has 2 fully saturated rings. The zero-order valence-corrected chi connectivity index (χ0v) is 12.5. The van der Waals surface area contributed by atoms with Crippen molar-refractivity contribution in [1.29, 1.82) is 5.26 Å². The Kier molecular flexibility index (Phi) is 4.17. The van der Waals surface area contributed by atoms with E-state index in [-0.39, 0.29) is 31.1 Å². The number of fused-ring (bicyclic) bond motifs is 1. The molecule has 3 amide bonds. The highest BCUT2D eigenvalue weighted by Crippen LogP contribution is 2.27. The molecule has 120 valence electrons. The molecule has 2 aliphatic rings. The van der Waals surface area contributed by atoms with Crippen molar-refractivity contribution in [3.05, 3.63) is 29.8 Å². The number of carbonyl (C=O) groups excluding carboxylic acids is 2. The van der Waals surface area contributed by atoms with Crippen molar-refractivity contribution in [3.63, 3.8) is 0 Å². The number of β-amino-alcohol motifs (C(OH)–C–C–N with tert-alkyl or cyclic N) is 1. The van der Waals surface area contributed by atoms with Crippen LogP contribution in [-0.4, -0.2) is 58.7 Å². The Morgan fingerprint density at radius 2 is 2.09 bits per heavy atom. The number of benzene rings is 1. The summed E-state index contributed by atoms with van der Waals surface area (Å²) in [5.41, 5.74) is 0.520. The summed E-state index contributed by atoms with van der Waals surface area (Å²) < 4.78 is 5.42. The number of imide groups is 1. The van der Waals surface area contributed by atoms with Crippen molar-refractivity contribution in [2.24, 2.45) is 0 Å². The fourth-order valence-corrected chi connectivity index (χ4v) is 2.93. The number of hydrogen-bond acceptors (Lipinski definition) is 5. The molecule has 0 radical (unpaired) electrons. The van der Waals surface area contributed by atoms with Crippen LogP contribution in [0.2, 0.25) is 0 Å². The molecule has 1 N–H and O–H groups in total. The molecule has 0 saturated carbocycles. The molecule has 0 aromatic heterocycles. The van der Waals surface area contributed by atoms with Gasteiger partial charge in [0.1, 0.15) is 24.5 Å². The van der Waals surface area contributed by atoms with Crippen LogP contribution in [0.4, 0.5) is 4.79 Å². The predicted molar refractivity (Wildman–Crippen MR) is 79.5 cm³/mol. The Morgan fingerprint density at radius 3 is 2.74 bits per heavy atom. The molecule has 3 rings (SSSR count).